The lowest BCUT2D eigenvalue weighted by atomic mass is 10.2. The van der Waals surface area contributed by atoms with Gasteiger partial charge in [-0.3, -0.25) is 0 Å². The monoisotopic (exact) mass is 344 g/mol. The zero-order chi connectivity index (χ0) is 13.1. The van der Waals surface area contributed by atoms with Crippen molar-refractivity contribution < 1.29 is 0 Å². The van der Waals surface area contributed by atoms with Crippen LogP contribution < -0.4 is 5.32 Å². The topological polar surface area (TPSA) is 24.9 Å². The maximum atomic E-state index is 6.21. The highest BCUT2D eigenvalue weighted by Gasteiger charge is 2.12. The summed E-state index contributed by atoms with van der Waals surface area (Å²) in [5, 5.41) is 7.13. The van der Waals surface area contributed by atoms with E-state index in [1.165, 1.54) is 0 Å². The molecule has 1 aromatic carbocycles. The van der Waals surface area contributed by atoms with Gasteiger partial charge < -0.3 is 5.32 Å². The minimum absolute atomic E-state index is 0.269. The molecule has 0 saturated carbocycles. The van der Waals surface area contributed by atoms with Gasteiger partial charge in [0.25, 0.3) is 0 Å². The molecule has 1 unspecified atom stereocenters. The molecular weight excluding hydrogens is 332 g/mol. The minimum Gasteiger partial charge on any atom is -0.309 e. The predicted octanol–water partition coefficient (Wildman–Crippen LogP) is 4.90. The van der Waals surface area contributed by atoms with Gasteiger partial charge in [0.2, 0.25) is 0 Å². The number of nitrogens with zero attached hydrogens (tertiary/aromatic N) is 1. The molecule has 1 aromatic heterocycles. The Bertz CT molecular complexity index is 542. The third kappa shape index (κ3) is 3.12. The fourth-order valence-corrected chi connectivity index (χ4v) is 3.25. The van der Waals surface area contributed by atoms with Crippen LogP contribution in [0.5, 0.6) is 0 Å². The van der Waals surface area contributed by atoms with Crippen LogP contribution in [0.2, 0.25) is 5.02 Å². The molecule has 0 aliphatic rings. The zero-order valence-corrected chi connectivity index (χ0v) is 13.4. The standard InChI is InChI=1S/C13H14BrClN2S/c1-3-16-8(2)12-7-18-13(17-12)10-6-9(14)4-5-11(10)15/h4-8,16H,3H2,1-2H3. The molecular formula is C13H14BrClN2S. The summed E-state index contributed by atoms with van der Waals surface area (Å²) >= 11 is 11.3. The Morgan fingerprint density at radius 3 is 3.00 bits per heavy atom. The summed E-state index contributed by atoms with van der Waals surface area (Å²) in [5.74, 6) is 0. The summed E-state index contributed by atoms with van der Waals surface area (Å²) in [4.78, 5) is 4.65. The smallest absolute Gasteiger partial charge is 0.125 e. The summed E-state index contributed by atoms with van der Waals surface area (Å²) in [6, 6.07) is 6.09. The summed E-state index contributed by atoms with van der Waals surface area (Å²) in [6.07, 6.45) is 0. The van der Waals surface area contributed by atoms with Gasteiger partial charge in [-0.1, -0.05) is 34.5 Å². The lowest BCUT2D eigenvalue weighted by Crippen LogP contribution is -2.17. The van der Waals surface area contributed by atoms with Gasteiger partial charge in [0.1, 0.15) is 5.01 Å². The van der Waals surface area contributed by atoms with Crippen molar-refractivity contribution in [3.63, 3.8) is 0 Å². The molecule has 1 atom stereocenters. The second-order valence-electron chi connectivity index (χ2n) is 3.98. The van der Waals surface area contributed by atoms with Crippen molar-refractivity contribution in [1.82, 2.24) is 10.3 Å². The Morgan fingerprint density at radius 1 is 1.50 bits per heavy atom. The van der Waals surface area contributed by atoms with E-state index in [1.54, 1.807) is 11.3 Å². The van der Waals surface area contributed by atoms with Crippen LogP contribution >= 0.6 is 38.9 Å². The van der Waals surface area contributed by atoms with E-state index in [0.717, 1.165) is 32.3 Å². The molecule has 18 heavy (non-hydrogen) atoms. The SMILES string of the molecule is CCNC(C)c1csc(-c2cc(Br)ccc2Cl)n1. The second-order valence-corrected chi connectivity index (χ2v) is 6.16. The molecule has 2 rings (SSSR count). The van der Waals surface area contributed by atoms with Crippen molar-refractivity contribution in [1.29, 1.82) is 0 Å². The zero-order valence-electron chi connectivity index (χ0n) is 10.2. The van der Waals surface area contributed by atoms with Gasteiger partial charge in [-0.15, -0.1) is 11.3 Å². The molecule has 5 heteroatoms. The van der Waals surface area contributed by atoms with Crippen molar-refractivity contribution in [2.75, 3.05) is 6.54 Å². The average molecular weight is 346 g/mol. The first-order valence-electron chi connectivity index (χ1n) is 5.76. The van der Waals surface area contributed by atoms with Gasteiger partial charge >= 0.3 is 0 Å². The van der Waals surface area contributed by atoms with Crippen LogP contribution in [0.1, 0.15) is 25.6 Å². The van der Waals surface area contributed by atoms with Crippen LogP contribution in [-0.2, 0) is 0 Å². The number of nitrogens with one attached hydrogen (secondary N) is 1. The Hall–Kier alpha value is -0.420. The molecule has 0 radical (unpaired) electrons. The number of aromatic nitrogens is 1. The Kier molecular flexibility index (Phi) is 4.78. The van der Waals surface area contributed by atoms with Crippen LogP contribution in [0.4, 0.5) is 0 Å². The fourth-order valence-electron chi connectivity index (χ4n) is 1.68. The number of halogens is 2. The lowest BCUT2D eigenvalue weighted by molar-refractivity contribution is 0.587. The van der Waals surface area contributed by atoms with Gasteiger partial charge in [0.05, 0.1) is 10.7 Å². The Labute approximate surface area is 125 Å². The third-order valence-corrected chi connectivity index (χ3v) is 4.35. The van der Waals surface area contributed by atoms with Crippen molar-refractivity contribution >= 4 is 38.9 Å². The quantitative estimate of drug-likeness (QED) is 0.852. The van der Waals surface area contributed by atoms with E-state index in [9.17, 15) is 0 Å². The Balaban J connectivity index is 2.32. The number of benzene rings is 1. The van der Waals surface area contributed by atoms with E-state index in [0.29, 0.717) is 0 Å². The Morgan fingerprint density at radius 2 is 2.28 bits per heavy atom. The molecule has 0 aliphatic heterocycles. The van der Waals surface area contributed by atoms with Crippen LogP contribution in [0.15, 0.2) is 28.1 Å². The van der Waals surface area contributed by atoms with Gasteiger partial charge in [0, 0.05) is 21.5 Å². The van der Waals surface area contributed by atoms with Crippen molar-refractivity contribution in [3.05, 3.63) is 38.8 Å². The molecule has 0 amide bonds. The van der Waals surface area contributed by atoms with Gasteiger partial charge in [-0.2, -0.15) is 0 Å². The highest BCUT2D eigenvalue weighted by atomic mass is 79.9. The largest absolute Gasteiger partial charge is 0.309 e. The molecule has 1 heterocycles. The highest BCUT2D eigenvalue weighted by molar-refractivity contribution is 9.10. The fraction of sp³-hybridized carbons (Fsp3) is 0.308. The van der Waals surface area contributed by atoms with E-state index < -0.39 is 0 Å². The molecule has 0 aliphatic carbocycles. The molecule has 0 saturated heterocycles. The van der Waals surface area contributed by atoms with Crippen LogP contribution in [0.25, 0.3) is 10.6 Å². The third-order valence-electron chi connectivity index (χ3n) is 2.63. The summed E-state index contributed by atoms with van der Waals surface area (Å²) < 4.78 is 1.01. The molecule has 2 aromatic rings. The molecule has 2 nitrogen and oxygen atoms in total. The molecule has 96 valence electrons. The van der Waals surface area contributed by atoms with Crippen molar-refractivity contribution in [3.8, 4) is 10.6 Å². The molecule has 1 N–H and O–H groups in total. The van der Waals surface area contributed by atoms with Crippen LogP contribution in [-0.4, -0.2) is 11.5 Å². The maximum absolute atomic E-state index is 6.21. The number of hydrogen-bond acceptors (Lipinski definition) is 3. The highest BCUT2D eigenvalue weighted by Crippen LogP contribution is 2.33. The number of thiazole rings is 1. The van der Waals surface area contributed by atoms with Crippen molar-refractivity contribution in [2.24, 2.45) is 0 Å². The van der Waals surface area contributed by atoms with E-state index in [2.05, 4.69) is 45.5 Å². The molecule has 0 spiro atoms. The molecule has 0 bridgehead atoms. The normalized spacial score (nSPS) is 12.7. The summed E-state index contributed by atoms with van der Waals surface area (Å²) in [5.41, 5.74) is 2.04. The number of hydrogen-bond donors (Lipinski definition) is 1. The first kappa shape index (κ1) is 14.0. The van der Waals surface area contributed by atoms with E-state index in [-0.39, 0.29) is 6.04 Å². The number of rotatable bonds is 4. The minimum atomic E-state index is 0.269. The van der Waals surface area contributed by atoms with E-state index in [1.807, 2.05) is 18.2 Å². The average Bonchev–Trinajstić information content (AvgIpc) is 2.82. The second kappa shape index (κ2) is 6.15. The molecule has 0 fully saturated rings. The van der Waals surface area contributed by atoms with Crippen molar-refractivity contribution in [2.45, 2.75) is 19.9 Å². The van der Waals surface area contributed by atoms with E-state index in [4.69, 9.17) is 11.6 Å². The van der Waals surface area contributed by atoms with Gasteiger partial charge in [-0.25, -0.2) is 4.98 Å². The summed E-state index contributed by atoms with van der Waals surface area (Å²) in [6.45, 7) is 5.14. The maximum Gasteiger partial charge on any atom is 0.125 e. The first-order chi connectivity index (χ1) is 8.61. The van der Waals surface area contributed by atoms with Crippen LogP contribution in [0, 0.1) is 0 Å². The summed E-state index contributed by atoms with van der Waals surface area (Å²) in [7, 11) is 0. The lowest BCUT2D eigenvalue weighted by Gasteiger charge is -2.08. The first-order valence-corrected chi connectivity index (χ1v) is 7.81. The predicted molar refractivity (Wildman–Crippen MR) is 82.4 cm³/mol. The van der Waals surface area contributed by atoms with Gasteiger partial charge in [-0.05, 0) is 31.7 Å². The van der Waals surface area contributed by atoms with Crippen LogP contribution in [0.3, 0.4) is 0 Å². The van der Waals surface area contributed by atoms with E-state index >= 15 is 0 Å². The van der Waals surface area contributed by atoms with Gasteiger partial charge in [0.15, 0.2) is 0 Å².